The third-order valence-corrected chi connectivity index (χ3v) is 4.25. The first-order chi connectivity index (χ1) is 12.2. The maximum atomic E-state index is 13.1. The van der Waals surface area contributed by atoms with Crippen LogP contribution in [-0.4, -0.2) is 12.5 Å². The standard InChI is InChI=1S/C21H16FNO2/c22-16-5-3-6-18(11-16)25-13-21(24)23-17-9-8-15-10-14-4-1-2-7-19(14)20(15)12-17/h1-9,11-12H,10,13H2,(H,23,24). The van der Waals surface area contributed by atoms with Crippen LogP contribution in [0.15, 0.2) is 66.7 Å². The van der Waals surface area contributed by atoms with Crippen LogP contribution in [0.1, 0.15) is 11.1 Å². The number of fused-ring (bicyclic) bond motifs is 3. The van der Waals surface area contributed by atoms with Crippen LogP contribution < -0.4 is 10.1 Å². The van der Waals surface area contributed by atoms with Gasteiger partial charge in [-0.05, 0) is 52.9 Å². The molecule has 0 saturated carbocycles. The maximum absolute atomic E-state index is 13.1. The molecule has 0 atom stereocenters. The highest BCUT2D eigenvalue weighted by molar-refractivity contribution is 5.93. The molecule has 0 aromatic heterocycles. The minimum atomic E-state index is -0.393. The summed E-state index contributed by atoms with van der Waals surface area (Å²) in [7, 11) is 0. The Morgan fingerprint density at radius 3 is 2.68 bits per heavy atom. The van der Waals surface area contributed by atoms with Crippen molar-refractivity contribution < 1.29 is 13.9 Å². The zero-order valence-corrected chi connectivity index (χ0v) is 13.5. The second-order valence-electron chi connectivity index (χ2n) is 6.00. The minimum absolute atomic E-state index is 0.170. The van der Waals surface area contributed by atoms with Gasteiger partial charge in [-0.3, -0.25) is 4.79 Å². The first-order valence-electron chi connectivity index (χ1n) is 8.08. The van der Waals surface area contributed by atoms with Gasteiger partial charge in [0, 0.05) is 11.8 Å². The number of hydrogen-bond acceptors (Lipinski definition) is 2. The summed E-state index contributed by atoms with van der Waals surface area (Å²) in [6.45, 7) is -0.170. The topological polar surface area (TPSA) is 38.3 Å². The van der Waals surface area contributed by atoms with E-state index in [2.05, 4.69) is 17.4 Å². The third-order valence-electron chi connectivity index (χ3n) is 4.25. The van der Waals surface area contributed by atoms with Gasteiger partial charge in [0.15, 0.2) is 6.61 Å². The van der Waals surface area contributed by atoms with Gasteiger partial charge in [-0.2, -0.15) is 0 Å². The predicted octanol–water partition coefficient (Wildman–Crippen LogP) is 4.41. The zero-order valence-electron chi connectivity index (χ0n) is 13.5. The summed E-state index contributed by atoms with van der Waals surface area (Å²) < 4.78 is 18.4. The summed E-state index contributed by atoms with van der Waals surface area (Å²) in [5.74, 6) is -0.344. The van der Waals surface area contributed by atoms with Crippen molar-refractivity contribution in [3.8, 4) is 16.9 Å². The van der Waals surface area contributed by atoms with Gasteiger partial charge in [0.25, 0.3) is 5.91 Å². The summed E-state index contributed by atoms with van der Waals surface area (Å²) in [6.07, 6.45) is 0.919. The number of ether oxygens (including phenoxy) is 1. The molecular formula is C21H16FNO2. The highest BCUT2D eigenvalue weighted by Gasteiger charge is 2.18. The minimum Gasteiger partial charge on any atom is -0.484 e. The molecule has 1 aliphatic rings. The summed E-state index contributed by atoms with van der Waals surface area (Å²) in [6, 6.07) is 19.9. The fourth-order valence-corrected chi connectivity index (χ4v) is 3.10. The van der Waals surface area contributed by atoms with Crippen molar-refractivity contribution in [3.63, 3.8) is 0 Å². The Balaban J connectivity index is 1.45. The molecular weight excluding hydrogens is 317 g/mol. The fourth-order valence-electron chi connectivity index (χ4n) is 3.10. The Morgan fingerprint density at radius 2 is 1.80 bits per heavy atom. The molecule has 124 valence electrons. The van der Waals surface area contributed by atoms with Crippen LogP contribution in [0.25, 0.3) is 11.1 Å². The molecule has 3 nitrogen and oxygen atoms in total. The summed E-state index contributed by atoms with van der Waals surface area (Å²) in [5, 5.41) is 2.83. The monoisotopic (exact) mass is 333 g/mol. The normalized spacial score (nSPS) is 11.6. The molecule has 1 amide bonds. The molecule has 3 aromatic rings. The number of amides is 1. The Hall–Kier alpha value is -3.14. The fraction of sp³-hybridized carbons (Fsp3) is 0.0952. The van der Waals surface area contributed by atoms with Gasteiger partial charge in [-0.25, -0.2) is 4.39 Å². The number of carbonyl (C=O) groups is 1. The Bertz CT molecular complexity index is 952. The molecule has 0 heterocycles. The lowest BCUT2D eigenvalue weighted by molar-refractivity contribution is -0.118. The summed E-state index contributed by atoms with van der Waals surface area (Å²) in [5.41, 5.74) is 5.65. The van der Waals surface area contributed by atoms with E-state index in [0.717, 1.165) is 17.7 Å². The molecule has 0 aliphatic heterocycles. The molecule has 25 heavy (non-hydrogen) atoms. The molecule has 0 radical (unpaired) electrons. The molecule has 1 aliphatic carbocycles. The van der Waals surface area contributed by atoms with Crippen molar-refractivity contribution in [1.82, 2.24) is 0 Å². The second kappa shape index (κ2) is 6.40. The van der Waals surface area contributed by atoms with Gasteiger partial charge >= 0.3 is 0 Å². The van der Waals surface area contributed by atoms with Gasteiger partial charge in [-0.1, -0.05) is 36.4 Å². The second-order valence-corrected chi connectivity index (χ2v) is 6.00. The lowest BCUT2D eigenvalue weighted by Gasteiger charge is -2.09. The van der Waals surface area contributed by atoms with Crippen LogP contribution >= 0.6 is 0 Å². The van der Waals surface area contributed by atoms with E-state index in [1.807, 2.05) is 30.3 Å². The summed E-state index contributed by atoms with van der Waals surface area (Å²) in [4.78, 5) is 12.1. The number of rotatable bonds is 4. The summed E-state index contributed by atoms with van der Waals surface area (Å²) >= 11 is 0. The molecule has 0 fully saturated rings. The van der Waals surface area contributed by atoms with Gasteiger partial charge in [-0.15, -0.1) is 0 Å². The van der Waals surface area contributed by atoms with Gasteiger partial charge < -0.3 is 10.1 Å². The van der Waals surface area contributed by atoms with Crippen LogP contribution in [0, 0.1) is 5.82 Å². The van der Waals surface area contributed by atoms with Gasteiger partial charge in [0.05, 0.1) is 0 Å². The number of benzene rings is 3. The average molecular weight is 333 g/mol. The van der Waals surface area contributed by atoms with E-state index in [0.29, 0.717) is 5.75 Å². The lowest BCUT2D eigenvalue weighted by Crippen LogP contribution is -2.20. The number of halogens is 1. The van der Waals surface area contributed by atoms with Gasteiger partial charge in [0.1, 0.15) is 11.6 Å². The van der Waals surface area contributed by atoms with E-state index in [4.69, 9.17) is 4.74 Å². The number of hydrogen-bond donors (Lipinski definition) is 1. The van der Waals surface area contributed by atoms with Crippen molar-refractivity contribution in [2.45, 2.75) is 6.42 Å². The Kier molecular flexibility index (Phi) is 3.94. The van der Waals surface area contributed by atoms with Crippen molar-refractivity contribution in [3.05, 3.63) is 83.7 Å². The predicted molar refractivity (Wildman–Crippen MR) is 95.2 cm³/mol. The van der Waals surface area contributed by atoms with E-state index in [1.54, 1.807) is 12.1 Å². The molecule has 1 N–H and O–H groups in total. The maximum Gasteiger partial charge on any atom is 0.262 e. The van der Waals surface area contributed by atoms with E-state index < -0.39 is 5.82 Å². The number of carbonyl (C=O) groups excluding carboxylic acids is 1. The number of nitrogens with one attached hydrogen (secondary N) is 1. The van der Waals surface area contributed by atoms with E-state index >= 15 is 0 Å². The molecule has 3 aromatic carbocycles. The van der Waals surface area contributed by atoms with Crippen molar-refractivity contribution in [1.29, 1.82) is 0 Å². The van der Waals surface area contributed by atoms with Crippen molar-refractivity contribution in [2.24, 2.45) is 0 Å². The average Bonchev–Trinajstić information content (AvgIpc) is 2.98. The van der Waals surface area contributed by atoms with E-state index in [9.17, 15) is 9.18 Å². The van der Waals surface area contributed by atoms with E-state index in [-0.39, 0.29) is 12.5 Å². The molecule has 0 unspecified atom stereocenters. The Morgan fingerprint density at radius 1 is 0.960 bits per heavy atom. The SMILES string of the molecule is O=C(COc1cccc(F)c1)Nc1ccc2c(c1)-c1ccccc1C2. The van der Waals surface area contributed by atoms with E-state index in [1.165, 1.54) is 28.8 Å². The largest absolute Gasteiger partial charge is 0.484 e. The van der Waals surface area contributed by atoms with Crippen LogP contribution in [0.4, 0.5) is 10.1 Å². The quantitative estimate of drug-likeness (QED) is 0.600. The number of anilines is 1. The third kappa shape index (κ3) is 3.24. The zero-order chi connectivity index (χ0) is 17.2. The van der Waals surface area contributed by atoms with Crippen LogP contribution in [0.2, 0.25) is 0 Å². The molecule has 0 saturated heterocycles. The van der Waals surface area contributed by atoms with Crippen LogP contribution in [0.3, 0.4) is 0 Å². The van der Waals surface area contributed by atoms with Crippen LogP contribution in [0.5, 0.6) is 5.75 Å². The smallest absolute Gasteiger partial charge is 0.262 e. The Labute approximate surface area is 145 Å². The molecule has 4 rings (SSSR count). The highest BCUT2D eigenvalue weighted by atomic mass is 19.1. The van der Waals surface area contributed by atoms with Crippen LogP contribution in [-0.2, 0) is 11.2 Å². The van der Waals surface area contributed by atoms with Crippen molar-refractivity contribution >= 4 is 11.6 Å². The first-order valence-corrected chi connectivity index (χ1v) is 8.08. The molecule has 0 bridgehead atoms. The molecule has 4 heteroatoms. The highest BCUT2D eigenvalue weighted by Crippen LogP contribution is 2.37. The van der Waals surface area contributed by atoms with Crippen molar-refractivity contribution in [2.75, 3.05) is 11.9 Å². The molecule has 0 spiro atoms. The van der Waals surface area contributed by atoms with Gasteiger partial charge in [0.2, 0.25) is 0 Å². The lowest BCUT2D eigenvalue weighted by atomic mass is 10.1. The first kappa shape index (κ1) is 15.4.